The number of esters is 1. The molecule has 3 aliphatic rings. The molecule has 7 atom stereocenters. The number of rotatable bonds is 15. The molecule has 0 aromatic carbocycles. The van der Waals surface area contributed by atoms with Crippen molar-refractivity contribution >= 4 is 41.4 Å². The molecule has 42 heavy (non-hydrogen) atoms. The lowest BCUT2D eigenvalue weighted by atomic mass is 9.68. The average Bonchev–Trinajstić information content (AvgIpc) is 3.83. The van der Waals surface area contributed by atoms with Crippen molar-refractivity contribution in [3.63, 3.8) is 0 Å². The number of alkyl carbamates (subject to hydrolysis) is 1. The van der Waals surface area contributed by atoms with Gasteiger partial charge in [0.25, 0.3) is 0 Å². The highest BCUT2D eigenvalue weighted by Gasteiger charge is 2.72. The molecule has 1 saturated carbocycles. The molecule has 236 valence electrons. The Morgan fingerprint density at radius 1 is 1.12 bits per heavy atom. The lowest BCUT2D eigenvalue weighted by Crippen LogP contribution is -2.56. The molecule has 13 heteroatoms. The molecule has 2 saturated heterocycles. The third kappa shape index (κ3) is 9.01. The number of hydrogen-bond acceptors (Lipinski definition) is 11. The highest BCUT2D eigenvalue weighted by atomic mass is 32.2. The van der Waals surface area contributed by atoms with Crippen LogP contribution in [-0.2, 0) is 42.9 Å². The van der Waals surface area contributed by atoms with E-state index in [0.717, 1.165) is 18.2 Å². The van der Waals surface area contributed by atoms with E-state index in [1.54, 1.807) is 14.0 Å². The number of carbonyl (C=O) groups is 5. The van der Waals surface area contributed by atoms with E-state index in [1.165, 1.54) is 12.5 Å². The zero-order valence-electron chi connectivity index (χ0n) is 25.3. The van der Waals surface area contributed by atoms with Gasteiger partial charge in [-0.2, -0.15) is 0 Å². The van der Waals surface area contributed by atoms with Crippen LogP contribution in [0, 0.1) is 5.92 Å². The van der Waals surface area contributed by atoms with Gasteiger partial charge in [-0.1, -0.05) is 11.6 Å². The van der Waals surface area contributed by atoms with Gasteiger partial charge in [0.2, 0.25) is 11.8 Å². The number of methoxy groups -OCH3 is 1. The molecule has 2 heterocycles. The Bertz CT molecular complexity index is 1060. The largest absolute Gasteiger partial charge is 0.464 e. The van der Waals surface area contributed by atoms with Crippen LogP contribution in [0.4, 0.5) is 4.79 Å². The molecule has 3 fully saturated rings. The monoisotopic (exact) mass is 612 g/mol. The minimum absolute atomic E-state index is 0.0136. The van der Waals surface area contributed by atoms with E-state index in [2.05, 4.69) is 23.6 Å². The molecule has 3 amide bonds. The van der Waals surface area contributed by atoms with Gasteiger partial charge in [-0.15, -0.1) is 11.8 Å². The molecule has 1 aliphatic carbocycles. The summed E-state index contributed by atoms with van der Waals surface area (Å²) in [5, 5.41) is 4.77. The molecular formula is C29H44N2O10S. The Kier molecular flexibility index (Phi) is 12.0. The van der Waals surface area contributed by atoms with E-state index in [0.29, 0.717) is 19.4 Å². The number of Topliss-reactive ketones (excluding diaryl/α,β-unsaturated/α-hetero) is 1. The summed E-state index contributed by atoms with van der Waals surface area (Å²) in [6, 6.07) is -1.00. The molecule has 2 N–H and O–H groups in total. The summed E-state index contributed by atoms with van der Waals surface area (Å²) in [6.07, 6.45) is 2.17. The van der Waals surface area contributed by atoms with E-state index < -0.39 is 47.7 Å². The van der Waals surface area contributed by atoms with Crippen molar-refractivity contribution in [3.8, 4) is 0 Å². The zero-order chi connectivity index (χ0) is 31.1. The molecule has 1 spiro atoms. The van der Waals surface area contributed by atoms with Crippen LogP contribution < -0.4 is 10.6 Å². The quantitative estimate of drug-likeness (QED) is 0.159. The molecule has 2 aliphatic heterocycles. The molecule has 1 unspecified atom stereocenters. The Labute approximate surface area is 251 Å². The SMILES string of the molecule is CCOC(=O)[C@@H](CSCC(=O)NC(=O)O[C@@H]1CC[C@]2(CO2)[C@@H](C2(C)O[C@@H]2CC=C(C)C)[C@@H]1OC)NC(=O)CCC(C)=O. The van der Waals surface area contributed by atoms with Crippen molar-refractivity contribution in [1.82, 2.24) is 10.6 Å². The van der Waals surface area contributed by atoms with E-state index >= 15 is 0 Å². The van der Waals surface area contributed by atoms with Gasteiger partial charge >= 0.3 is 12.1 Å². The summed E-state index contributed by atoms with van der Waals surface area (Å²) in [7, 11) is 1.57. The lowest BCUT2D eigenvalue weighted by Gasteiger charge is -2.42. The Morgan fingerprint density at radius 2 is 1.83 bits per heavy atom. The number of carbonyl (C=O) groups excluding carboxylic acids is 5. The molecule has 0 radical (unpaired) electrons. The first kappa shape index (κ1) is 34.0. The van der Waals surface area contributed by atoms with Crippen LogP contribution in [0.15, 0.2) is 11.6 Å². The first-order chi connectivity index (χ1) is 19.8. The van der Waals surface area contributed by atoms with E-state index in [4.69, 9.17) is 23.7 Å². The number of allylic oxidation sites excluding steroid dienone is 1. The van der Waals surface area contributed by atoms with Gasteiger partial charge in [0.1, 0.15) is 35.2 Å². The normalized spacial score (nSPS) is 30.0. The summed E-state index contributed by atoms with van der Waals surface area (Å²) < 4.78 is 28.6. The average molecular weight is 613 g/mol. The fourth-order valence-corrected chi connectivity index (χ4v) is 6.45. The van der Waals surface area contributed by atoms with Gasteiger partial charge in [-0.05, 0) is 53.9 Å². The molecule has 0 aromatic heterocycles. The van der Waals surface area contributed by atoms with Crippen LogP contribution >= 0.6 is 11.8 Å². The topological polar surface area (TPSA) is 162 Å². The fourth-order valence-electron chi connectivity index (χ4n) is 5.62. The summed E-state index contributed by atoms with van der Waals surface area (Å²) in [5.74, 6) is -2.14. The van der Waals surface area contributed by atoms with Crippen LogP contribution in [0.3, 0.4) is 0 Å². The van der Waals surface area contributed by atoms with Gasteiger partial charge in [0, 0.05) is 25.7 Å². The van der Waals surface area contributed by atoms with Crippen molar-refractivity contribution in [3.05, 3.63) is 11.6 Å². The summed E-state index contributed by atoms with van der Waals surface area (Å²) >= 11 is 1.05. The van der Waals surface area contributed by atoms with E-state index in [-0.39, 0.29) is 54.4 Å². The number of ketones is 1. The highest BCUT2D eigenvalue weighted by Crippen LogP contribution is 2.59. The molecule has 0 bridgehead atoms. The van der Waals surface area contributed by atoms with Crippen molar-refractivity contribution in [2.24, 2.45) is 5.92 Å². The smallest absolute Gasteiger partial charge is 0.414 e. The van der Waals surface area contributed by atoms with E-state index in [1.807, 2.05) is 13.8 Å². The molecule has 0 aromatic rings. The zero-order valence-corrected chi connectivity index (χ0v) is 26.1. The second-order valence-electron chi connectivity index (χ2n) is 11.5. The minimum Gasteiger partial charge on any atom is -0.464 e. The van der Waals surface area contributed by atoms with Gasteiger partial charge < -0.3 is 33.8 Å². The number of nitrogens with one attached hydrogen (secondary N) is 2. The number of amides is 3. The number of epoxide rings is 2. The van der Waals surface area contributed by atoms with Gasteiger partial charge in [0.15, 0.2) is 0 Å². The maximum Gasteiger partial charge on any atom is 0.414 e. The third-order valence-corrected chi connectivity index (χ3v) is 8.90. The van der Waals surface area contributed by atoms with Gasteiger partial charge in [0.05, 0.1) is 31.0 Å². The second-order valence-corrected chi connectivity index (χ2v) is 12.5. The Hall–Kier alpha value is -2.48. The summed E-state index contributed by atoms with van der Waals surface area (Å²) in [4.78, 5) is 60.7. The third-order valence-electron chi connectivity index (χ3n) is 7.87. The van der Waals surface area contributed by atoms with E-state index in [9.17, 15) is 24.0 Å². The molecule has 12 nitrogen and oxygen atoms in total. The Morgan fingerprint density at radius 3 is 2.43 bits per heavy atom. The Balaban J connectivity index is 1.51. The van der Waals surface area contributed by atoms with Crippen molar-refractivity contribution in [2.75, 3.05) is 31.8 Å². The fraction of sp³-hybridized carbons (Fsp3) is 0.759. The predicted octanol–water partition coefficient (Wildman–Crippen LogP) is 2.47. The standard InChI is InChI=1S/C29H44N2O10S/c1-7-38-26(35)19(30-22(33)11-9-18(4)32)14-42-15-23(34)31-27(36)40-20-12-13-29(16-39-29)25(24(20)37-6)28(5)21(41-28)10-8-17(2)3/h8,19-21,24-25H,7,9-16H2,1-6H3,(H,30,33)(H,31,34,36)/t19-,20-,21-,24-,25-,28?,29+/m1/s1. The van der Waals surface area contributed by atoms with Gasteiger partial charge in [-0.3, -0.25) is 14.9 Å². The number of imide groups is 1. The van der Waals surface area contributed by atoms with Crippen molar-refractivity contribution in [2.45, 2.75) is 102 Å². The number of thioether (sulfide) groups is 1. The maximum absolute atomic E-state index is 12.7. The van der Waals surface area contributed by atoms with Crippen LogP contribution in [0.1, 0.15) is 66.7 Å². The predicted molar refractivity (Wildman–Crippen MR) is 154 cm³/mol. The minimum atomic E-state index is -1.00. The maximum atomic E-state index is 12.7. The second kappa shape index (κ2) is 14.8. The first-order valence-electron chi connectivity index (χ1n) is 14.4. The highest BCUT2D eigenvalue weighted by molar-refractivity contribution is 8.00. The van der Waals surface area contributed by atoms with Crippen LogP contribution in [-0.4, -0.2) is 97.0 Å². The lowest BCUT2D eigenvalue weighted by molar-refractivity contribution is -0.146. The van der Waals surface area contributed by atoms with Crippen LogP contribution in [0.2, 0.25) is 0 Å². The van der Waals surface area contributed by atoms with Crippen molar-refractivity contribution < 1.29 is 47.7 Å². The number of hydrogen-bond donors (Lipinski definition) is 2. The molecule has 3 rings (SSSR count). The van der Waals surface area contributed by atoms with Crippen LogP contribution in [0.25, 0.3) is 0 Å². The van der Waals surface area contributed by atoms with Crippen LogP contribution in [0.5, 0.6) is 0 Å². The van der Waals surface area contributed by atoms with Crippen molar-refractivity contribution in [1.29, 1.82) is 0 Å². The molecular weight excluding hydrogens is 568 g/mol. The first-order valence-corrected chi connectivity index (χ1v) is 15.5. The summed E-state index contributed by atoms with van der Waals surface area (Å²) in [5.41, 5.74) is 0.364. The van der Waals surface area contributed by atoms with Gasteiger partial charge in [-0.25, -0.2) is 9.59 Å². The number of ether oxygens (including phenoxy) is 5. The summed E-state index contributed by atoms with van der Waals surface area (Å²) in [6.45, 7) is 9.87.